The fourth-order valence-electron chi connectivity index (χ4n) is 1.70. The zero-order chi connectivity index (χ0) is 20.6. The number of alkyl halides is 2. The minimum atomic E-state index is -3.96. The summed E-state index contributed by atoms with van der Waals surface area (Å²) < 4.78 is 54.6. The molecule has 0 heterocycles. The highest BCUT2D eigenvalue weighted by Crippen LogP contribution is 2.27. The van der Waals surface area contributed by atoms with Gasteiger partial charge in [0, 0.05) is 11.1 Å². The van der Waals surface area contributed by atoms with E-state index in [1.165, 1.54) is 12.1 Å². The van der Waals surface area contributed by atoms with Crippen LogP contribution in [-0.2, 0) is 20.2 Å². The largest absolute Gasteiger partial charge is 0.477 e. The molecule has 0 atom stereocenters. The first-order valence-corrected chi connectivity index (χ1v) is 7.43. The van der Waals surface area contributed by atoms with Crippen molar-refractivity contribution in [2.45, 2.75) is 12.8 Å². The van der Waals surface area contributed by atoms with Crippen LogP contribution in [0.1, 0.15) is 22.8 Å². The Balaban J connectivity index is 0.000000271. The lowest BCUT2D eigenvalue weighted by molar-refractivity contribution is -0.166. The molecule has 0 aliphatic carbocycles. The Hall–Kier alpha value is -3.23. The van der Waals surface area contributed by atoms with Crippen molar-refractivity contribution in [1.82, 2.24) is 0 Å². The highest BCUT2D eigenvalue weighted by molar-refractivity contribution is 6.40. The van der Waals surface area contributed by atoms with Gasteiger partial charge in [-0.05, 0) is 55.5 Å². The van der Waals surface area contributed by atoms with Crippen molar-refractivity contribution in [3.63, 3.8) is 0 Å². The molecule has 0 fully saturated rings. The van der Waals surface area contributed by atoms with Crippen molar-refractivity contribution in [2.75, 3.05) is 6.61 Å². The highest BCUT2D eigenvalue weighted by Gasteiger charge is 2.40. The molecule has 1 N–H and O–H groups in total. The Morgan fingerprint density at radius 1 is 0.926 bits per heavy atom. The van der Waals surface area contributed by atoms with Crippen LogP contribution in [0, 0.1) is 11.6 Å². The number of halogens is 4. The molecule has 2 aromatic rings. The molecule has 27 heavy (non-hydrogen) atoms. The van der Waals surface area contributed by atoms with Crippen LogP contribution in [0.4, 0.5) is 17.6 Å². The Morgan fingerprint density at radius 3 is 1.78 bits per heavy atom. The third-order valence-electron chi connectivity index (χ3n) is 3.04. The van der Waals surface area contributed by atoms with Crippen molar-refractivity contribution in [2.24, 2.45) is 0 Å². The molecule has 5 nitrogen and oxygen atoms in total. The molecule has 0 aromatic heterocycles. The number of aliphatic carboxylic acids is 1. The molecular formula is C18H14F4O5. The second-order valence-electron chi connectivity index (χ2n) is 4.94. The summed E-state index contributed by atoms with van der Waals surface area (Å²) in [6, 6.07) is 7.77. The van der Waals surface area contributed by atoms with Gasteiger partial charge in [0.1, 0.15) is 11.6 Å². The van der Waals surface area contributed by atoms with Gasteiger partial charge in [0.15, 0.2) is 0 Å². The number of hydrogen-bond donors (Lipinski definition) is 1. The van der Waals surface area contributed by atoms with E-state index in [1.54, 1.807) is 6.92 Å². The molecule has 0 saturated carbocycles. The highest BCUT2D eigenvalue weighted by atomic mass is 19.3. The molecule has 0 radical (unpaired) electrons. The second kappa shape index (κ2) is 9.46. The first kappa shape index (κ1) is 21.8. The number of carboxylic acids is 1. The third kappa shape index (κ3) is 6.21. The summed E-state index contributed by atoms with van der Waals surface area (Å²) in [5, 5.41) is 8.12. The second-order valence-corrected chi connectivity index (χ2v) is 4.94. The molecular weight excluding hydrogens is 372 g/mol. The van der Waals surface area contributed by atoms with E-state index in [-0.39, 0.29) is 12.2 Å². The van der Waals surface area contributed by atoms with Gasteiger partial charge >= 0.3 is 17.9 Å². The number of hydrogen-bond acceptors (Lipinski definition) is 4. The summed E-state index contributed by atoms with van der Waals surface area (Å²) in [4.78, 5) is 32.3. The molecule has 9 heteroatoms. The summed E-state index contributed by atoms with van der Waals surface area (Å²) in [7, 11) is 0. The Morgan fingerprint density at radius 2 is 1.37 bits per heavy atom. The molecule has 0 aliphatic heterocycles. The monoisotopic (exact) mass is 386 g/mol. The molecule has 2 rings (SSSR count). The van der Waals surface area contributed by atoms with Gasteiger partial charge in [0.25, 0.3) is 5.78 Å². The van der Waals surface area contributed by atoms with Gasteiger partial charge in [0.05, 0.1) is 6.61 Å². The van der Waals surface area contributed by atoms with Gasteiger partial charge in [-0.25, -0.2) is 18.4 Å². The summed E-state index contributed by atoms with van der Waals surface area (Å²) in [5.74, 6) is -9.03. The Labute approximate surface area is 151 Å². The molecule has 0 aliphatic rings. The van der Waals surface area contributed by atoms with Gasteiger partial charge in [-0.2, -0.15) is 8.78 Å². The first-order valence-electron chi connectivity index (χ1n) is 7.43. The van der Waals surface area contributed by atoms with Crippen LogP contribution >= 0.6 is 0 Å². The molecule has 144 valence electrons. The van der Waals surface area contributed by atoms with Crippen LogP contribution in [0.3, 0.4) is 0 Å². The predicted octanol–water partition coefficient (Wildman–Crippen LogP) is 3.57. The number of ketones is 1. The van der Waals surface area contributed by atoms with Crippen LogP contribution in [0.5, 0.6) is 0 Å². The summed E-state index contributed by atoms with van der Waals surface area (Å²) in [6.07, 6.45) is 0. The third-order valence-corrected chi connectivity index (χ3v) is 3.04. The topological polar surface area (TPSA) is 80.7 Å². The van der Waals surface area contributed by atoms with E-state index in [9.17, 15) is 31.9 Å². The normalized spacial score (nSPS) is 10.4. The van der Waals surface area contributed by atoms with Gasteiger partial charge in [-0.1, -0.05) is 0 Å². The lowest BCUT2D eigenvalue weighted by Crippen LogP contribution is -2.25. The maximum absolute atomic E-state index is 12.7. The first-order chi connectivity index (χ1) is 12.6. The molecule has 0 unspecified atom stereocenters. The lowest BCUT2D eigenvalue weighted by atomic mass is 10.1. The molecule has 2 aromatic carbocycles. The fraction of sp³-hybridized carbons (Fsp3) is 0.167. The van der Waals surface area contributed by atoms with Crippen LogP contribution in [-0.4, -0.2) is 29.4 Å². The quantitative estimate of drug-likeness (QED) is 0.368. The van der Waals surface area contributed by atoms with Gasteiger partial charge in [-0.15, -0.1) is 0 Å². The SMILES string of the molecule is CCOC(=O)C(=O)c1ccc(F)cc1.O=C(O)C(F)(F)c1ccc(F)cc1. The van der Waals surface area contributed by atoms with E-state index < -0.39 is 40.8 Å². The van der Waals surface area contributed by atoms with Crippen molar-refractivity contribution < 1.29 is 41.8 Å². The van der Waals surface area contributed by atoms with Crippen molar-refractivity contribution in [1.29, 1.82) is 0 Å². The molecule has 0 bridgehead atoms. The number of benzene rings is 2. The van der Waals surface area contributed by atoms with E-state index in [0.29, 0.717) is 0 Å². The maximum Gasteiger partial charge on any atom is 0.379 e. The smallest absolute Gasteiger partial charge is 0.379 e. The number of esters is 1. The lowest BCUT2D eigenvalue weighted by Gasteiger charge is -2.10. The number of carbonyl (C=O) groups is 3. The maximum atomic E-state index is 12.7. The van der Waals surface area contributed by atoms with Crippen LogP contribution in [0.25, 0.3) is 0 Å². The van der Waals surface area contributed by atoms with Gasteiger partial charge < -0.3 is 9.84 Å². The molecule has 0 saturated heterocycles. The van der Waals surface area contributed by atoms with Crippen molar-refractivity contribution in [3.8, 4) is 0 Å². The van der Waals surface area contributed by atoms with Crippen LogP contribution < -0.4 is 0 Å². The number of carbonyl (C=O) groups excluding carboxylic acids is 2. The van der Waals surface area contributed by atoms with Crippen LogP contribution in [0.2, 0.25) is 0 Å². The van der Waals surface area contributed by atoms with Crippen molar-refractivity contribution >= 4 is 17.7 Å². The summed E-state index contributed by atoms with van der Waals surface area (Å²) >= 11 is 0. The van der Waals surface area contributed by atoms with Crippen LogP contribution in [0.15, 0.2) is 48.5 Å². The van der Waals surface area contributed by atoms with E-state index in [0.717, 1.165) is 36.4 Å². The summed E-state index contributed by atoms with van der Waals surface area (Å²) in [6.45, 7) is 1.75. The van der Waals surface area contributed by atoms with E-state index in [1.807, 2.05) is 0 Å². The number of Topliss-reactive ketones (excluding diaryl/α,β-unsaturated/α-hetero) is 1. The number of rotatable bonds is 5. The van der Waals surface area contributed by atoms with Gasteiger partial charge in [-0.3, -0.25) is 4.79 Å². The Kier molecular flexibility index (Phi) is 7.64. The average molecular weight is 386 g/mol. The molecule has 0 amide bonds. The van der Waals surface area contributed by atoms with E-state index >= 15 is 0 Å². The predicted molar refractivity (Wildman–Crippen MR) is 85.3 cm³/mol. The standard InChI is InChI=1S/C10H9FO3.C8H5F3O2/c1-2-14-10(13)9(12)7-3-5-8(11)6-4-7;9-6-3-1-5(2-4-6)8(10,11)7(12)13/h3-6H,2H2,1H3;1-4H,(H,12,13). The average Bonchev–Trinajstić information content (AvgIpc) is 2.63. The number of ether oxygens (including phenoxy) is 1. The minimum absolute atomic E-state index is 0.129. The minimum Gasteiger partial charge on any atom is -0.477 e. The zero-order valence-electron chi connectivity index (χ0n) is 13.9. The van der Waals surface area contributed by atoms with Crippen molar-refractivity contribution in [3.05, 3.63) is 71.3 Å². The zero-order valence-corrected chi connectivity index (χ0v) is 13.9. The Bertz CT molecular complexity index is 802. The van der Waals surface area contributed by atoms with Gasteiger partial charge in [0.2, 0.25) is 0 Å². The fourth-order valence-corrected chi connectivity index (χ4v) is 1.70. The van der Waals surface area contributed by atoms with E-state index in [2.05, 4.69) is 4.74 Å². The number of carboxylic acid groups (broad SMARTS) is 1. The summed E-state index contributed by atoms with van der Waals surface area (Å²) in [5.41, 5.74) is -0.605. The molecule has 0 spiro atoms. The van der Waals surface area contributed by atoms with E-state index in [4.69, 9.17) is 5.11 Å².